The lowest BCUT2D eigenvalue weighted by Gasteiger charge is -2.14. The summed E-state index contributed by atoms with van der Waals surface area (Å²) in [7, 11) is 0. The van der Waals surface area contributed by atoms with Crippen LogP contribution in [0.15, 0.2) is 29.6 Å². The lowest BCUT2D eigenvalue weighted by atomic mass is 9.93. The van der Waals surface area contributed by atoms with Crippen LogP contribution in [-0.4, -0.2) is 10.1 Å². The summed E-state index contributed by atoms with van der Waals surface area (Å²) in [6, 6.07) is 9.17. The third-order valence-electron chi connectivity index (χ3n) is 3.09. The monoisotopic (exact) mass is 286 g/mol. The van der Waals surface area contributed by atoms with E-state index in [0.29, 0.717) is 12.0 Å². The second-order valence-corrected chi connectivity index (χ2v) is 6.78. The SMILES string of the molecule is CC(C)(C)c1csc(CC(O)c2cccc(C#N)c2)n1. The molecule has 0 saturated carbocycles. The van der Waals surface area contributed by atoms with E-state index in [1.165, 1.54) is 0 Å². The van der Waals surface area contributed by atoms with Crippen LogP contribution in [0, 0.1) is 11.3 Å². The molecule has 1 atom stereocenters. The molecule has 0 spiro atoms. The van der Waals surface area contributed by atoms with Gasteiger partial charge in [-0.1, -0.05) is 32.9 Å². The van der Waals surface area contributed by atoms with E-state index in [0.717, 1.165) is 16.3 Å². The highest BCUT2D eigenvalue weighted by atomic mass is 32.1. The maximum absolute atomic E-state index is 10.3. The minimum Gasteiger partial charge on any atom is -0.388 e. The Labute approximate surface area is 123 Å². The van der Waals surface area contributed by atoms with Gasteiger partial charge < -0.3 is 5.11 Å². The van der Waals surface area contributed by atoms with Crippen LogP contribution < -0.4 is 0 Å². The highest BCUT2D eigenvalue weighted by molar-refractivity contribution is 7.09. The quantitative estimate of drug-likeness (QED) is 0.938. The number of nitriles is 1. The summed E-state index contributed by atoms with van der Waals surface area (Å²) >= 11 is 1.57. The standard InChI is InChI=1S/C16H18N2OS/c1-16(2,3)14-10-20-15(18-14)8-13(19)12-6-4-5-11(7-12)9-17/h4-7,10,13,19H,8H2,1-3H3. The molecule has 0 radical (unpaired) electrons. The minimum absolute atomic E-state index is 0.0282. The van der Waals surface area contributed by atoms with Gasteiger partial charge in [-0.15, -0.1) is 11.3 Å². The number of thiazole rings is 1. The van der Waals surface area contributed by atoms with E-state index in [9.17, 15) is 5.11 Å². The minimum atomic E-state index is -0.623. The molecule has 0 fully saturated rings. The van der Waals surface area contributed by atoms with Crippen LogP contribution in [0.2, 0.25) is 0 Å². The fourth-order valence-electron chi connectivity index (χ4n) is 1.85. The number of benzene rings is 1. The summed E-state index contributed by atoms with van der Waals surface area (Å²) in [6.45, 7) is 6.37. The van der Waals surface area contributed by atoms with Gasteiger partial charge in [0.1, 0.15) is 0 Å². The average molecular weight is 286 g/mol. The van der Waals surface area contributed by atoms with Gasteiger partial charge in [0.15, 0.2) is 0 Å². The van der Waals surface area contributed by atoms with Crippen molar-refractivity contribution in [2.45, 2.75) is 38.7 Å². The Morgan fingerprint density at radius 3 is 2.75 bits per heavy atom. The second-order valence-electron chi connectivity index (χ2n) is 5.83. The highest BCUT2D eigenvalue weighted by Crippen LogP contribution is 2.26. The van der Waals surface area contributed by atoms with Gasteiger partial charge in [0.25, 0.3) is 0 Å². The van der Waals surface area contributed by atoms with Crippen molar-refractivity contribution in [2.24, 2.45) is 0 Å². The Bertz CT molecular complexity index is 634. The lowest BCUT2D eigenvalue weighted by molar-refractivity contribution is 0.178. The normalized spacial score (nSPS) is 12.9. The third-order valence-corrected chi connectivity index (χ3v) is 3.96. The van der Waals surface area contributed by atoms with Gasteiger partial charge in [-0.25, -0.2) is 4.98 Å². The van der Waals surface area contributed by atoms with E-state index >= 15 is 0 Å². The highest BCUT2D eigenvalue weighted by Gasteiger charge is 2.19. The average Bonchev–Trinajstić information content (AvgIpc) is 2.87. The molecular formula is C16H18N2OS. The van der Waals surface area contributed by atoms with Crippen molar-refractivity contribution in [3.63, 3.8) is 0 Å². The first-order chi connectivity index (χ1) is 9.40. The van der Waals surface area contributed by atoms with Gasteiger partial charge in [-0.2, -0.15) is 5.26 Å². The predicted molar refractivity (Wildman–Crippen MR) is 80.6 cm³/mol. The lowest BCUT2D eigenvalue weighted by Crippen LogP contribution is -2.12. The van der Waals surface area contributed by atoms with Crippen LogP contribution in [0.4, 0.5) is 0 Å². The summed E-state index contributed by atoms with van der Waals surface area (Å²) in [6.07, 6.45) is -0.141. The van der Waals surface area contributed by atoms with E-state index in [4.69, 9.17) is 5.26 Å². The number of hydrogen-bond acceptors (Lipinski definition) is 4. The molecule has 0 saturated heterocycles. The van der Waals surface area contributed by atoms with Gasteiger partial charge in [0, 0.05) is 17.2 Å². The van der Waals surface area contributed by atoms with Crippen LogP contribution >= 0.6 is 11.3 Å². The summed E-state index contributed by atoms with van der Waals surface area (Å²) in [5, 5.41) is 22.1. The number of nitrogens with zero attached hydrogens (tertiary/aromatic N) is 2. The van der Waals surface area contributed by atoms with Crippen LogP contribution in [0.1, 0.15) is 48.7 Å². The zero-order valence-electron chi connectivity index (χ0n) is 11.9. The topological polar surface area (TPSA) is 56.9 Å². The van der Waals surface area contributed by atoms with Crippen LogP contribution in [0.5, 0.6) is 0 Å². The first-order valence-corrected chi connectivity index (χ1v) is 7.41. The molecule has 4 heteroatoms. The predicted octanol–water partition coefficient (Wildman–Crippen LogP) is 3.59. The van der Waals surface area contributed by atoms with Gasteiger partial charge in [-0.3, -0.25) is 0 Å². The molecule has 1 N–H and O–H groups in total. The molecule has 0 aliphatic carbocycles. The van der Waals surface area contributed by atoms with E-state index < -0.39 is 6.10 Å². The van der Waals surface area contributed by atoms with E-state index in [2.05, 4.69) is 31.8 Å². The van der Waals surface area contributed by atoms with Gasteiger partial charge in [0.2, 0.25) is 0 Å². The molecule has 2 aromatic rings. The first-order valence-electron chi connectivity index (χ1n) is 6.53. The Hall–Kier alpha value is -1.70. The van der Waals surface area contributed by atoms with Crippen LogP contribution in [0.3, 0.4) is 0 Å². The van der Waals surface area contributed by atoms with E-state index in [1.54, 1.807) is 29.5 Å². The van der Waals surface area contributed by atoms with Gasteiger partial charge >= 0.3 is 0 Å². The van der Waals surface area contributed by atoms with Crippen molar-refractivity contribution in [1.82, 2.24) is 4.98 Å². The second kappa shape index (κ2) is 5.74. The molecule has 0 bridgehead atoms. The van der Waals surface area contributed by atoms with E-state index in [1.807, 2.05) is 11.4 Å². The van der Waals surface area contributed by atoms with Crippen molar-refractivity contribution < 1.29 is 5.11 Å². The fourth-order valence-corrected chi connectivity index (χ4v) is 2.91. The van der Waals surface area contributed by atoms with Crippen molar-refractivity contribution in [3.8, 4) is 6.07 Å². The molecule has 1 heterocycles. The number of aromatic nitrogens is 1. The Morgan fingerprint density at radius 2 is 2.15 bits per heavy atom. The molecular weight excluding hydrogens is 268 g/mol. The van der Waals surface area contributed by atoms with Crippen LogP contribution in [0.25, 0.3) is 0 Å². The number of aliphatic hydroxyl groups excluding tert-OH is 1. The molecule has 0 aliphatic rings. The van der Waals surface area contributed by atoms with Crippen molar-refractivity contribution in [3.05, 3.63) is 51.5 Å². The van der Waals surface area contributed by atoms with Crippen LogP contribution in [-0.2, 0) is 11.8 Å². The Kier molecular flexibility index (Phi) is 4.22. The maximum atomic E-state index is 10.3. The van der Waals surface area contributed by atoms with Crippen molar-refractivity contribution in [1.29, 1.82) is 5.26 Å². The van der Waals surface area contributed by atoms with Crippen molar-refractivity contribution >= 4 is 11.3 Å². The molecule has 104 valence electrons. The summed E-state index contributed by atoms with van der Waals surface area (Å²) in [5.41, 5.74) is 2.41. The third kappa shape index (κ3) is 3.44. The summed E-state index contributed by atoms with van der Waals surface area (Å²) in [4.78, 5) is 4.58. The Balaban J connectivity index is 2.13. The molecule has 20 heavy (non-hydrogen) atoms. The Morgan fingerprint density at radius 1 is 1.40 bits per heavy atom. The molecule has 0 aliphatic heterocycles. The molecule has 3 nitrogen and oxygen atoms in total. The molecule has 1 aromatic heterocycles. The molecule has 1 aromatic carbocycles. The molecule has 2 rings (SSSR count). The maximum Gasteiger partial charge on any atom is 0.0991 e. The fraction of sp³-hybridized carbons (Fsp3) is 0.375. The van der Waals surface area contributed by atoms with Gasteiger partial charge in [0.05, 0.1) is 28.4 Å². The zero-order valence-corrected chi connectivity index (χ0v) is 12.7. The number of hydrogen-bond donors (Lipinski definition) is 1. The molecule has 0 amide bonds. The smallest absolute Gasteiger partial charge is 0.0991 e. The van der Waals surface area contributed by atoms with Crippen molar-refractivity contribution in [2.75, 3.05) is 0 Å². The zero-order chi connectivity index (χ0) is 14.8. The summed E-state index contributed by atoms with van der Waals surface area (Å²) < 4.78 is 0. The van der Waals surface area contributed by atoms with Gasteiger partial charge in [-0.05, 0) is 17.7 Å². The first kappa shape index (κ1) is 14.7. The largest absolute Gasteiger partial charge is 0.388 e. The molecule has 1 unspecified atom stereocenters. The number of rotatable bonds is 3. The summed E-state index contributed by atoms with van der Waals surface area (Å²) in [5.74, 6) is 0. The number of aliphatic hydroxyl groups is 1. The van der Waals surface area contributed by atoms with E-state index in [-0.39, 0.29) is 5.41 Å².